The van der Waals surface area contributed by atoms with Gasteiger partial charge in [-0.2, -0.15) is 0 Å². The minimum Gasteiger partial charge on any atom is -0.464 e. The Balaban J connectivity index is 3.58. The second-order valence-corrected chi connectivity index (χ2v) is 11.0. The van der Waals surface area contributed by atoms with E-state index in [0.717, 1.165) is 38.5 Å². The molecule has 38 heavy (non-hydrogen) atoms. The van der Waals surface area contributed by atoms with Crippen LogP contribution in [-0.4, -0.2) is 47.6 Å². The van der Waals surface area contributed by atoms with Crippen molar-refractivity contribution in [2.45, 2.75) is 180 Å². The maximum absolute atomic E-state index is 11.9. The number of esters is 2. The average Bonchev–Trinajstić information content (AvgIpc) is 2.92. The number of ether oxygens (including phenoxy) is 2. The van der Waals surface area contributed by atoms with E-state index >= 15 is 0 Å². The molecule has 0 rings (SSSR count). The van der Waals surface area contributed by atoms with Gasteiger partial charge >= 0.3 is 11.9 Å². The smallest absolute Gasteiger partial charge is 0.338 e. The van der Waals surface area contributed by atoms with Crippen molar-refractivity contribution < 1.29 is 29.3 Å². The number of aliphatic hydroxyl groups is 2. The minimum absolute atomic E-state index is 0.188. The Bertz CT molecular complexity index is 478. The van der Waals surface area contributed by atoms with Crippen LogP contribution in [0.15, 0.2) is 0 Å². The molecule has 6 nitrogen and oxygen atoms in total. The third-order valence-electron chi connectivity index (χ3n) is 7.27. The molecule has 0 aromatic heterocycles. The Kier molecular flexibility index (Phi) is 28.0. The largest absolute Gasteiger partial charge is 0.464 e. The van der Waals surface area contributed by atoms with E-state index in [4.69, 9.17) is 9.47 Å². The van der Waals surface area contributed by atoms with Crippen LogP contribution in [0.25, 0.3) is 0 Å². The maximum atomic E-state index is 11.9. The molecule has 0 aliphatic carbocycles. The van der Waals surface area contributed by atoms with Crippen molar-refractivity contribution in [3.8, 4) is 0 Å². The lowest BCUT2D eigenvalue weighted by atomic mass is 10.1. The van der Waals surface area contributed by atoms with E-state index in [0.29, 0.717) is 0 Å². The van der Waals surface area contributed by atoms with Crippen molar-refractivity contribution >= 4 is 11.9 Å². The third-order valence-corrected chi connectivity index (χ3v) is 7.27. The van der Waals surface area contributed by atoms with Crippen molar-refractivity contribution in [3.63, 3.8) is 0 Å². The summed E-state index contributed by atoms with van der Waals surface area (Å²) < 4.78 is 10.1. The number of aliphatic hydroxyl groups excluding tert-OH is 2. The van der Waals surface area contributed by atoms with Crippen molar-refractivity contribution in [1.29, 1.82) is 0 Å². The zero-order chi connectivity index (χ0) is 28.1. The molecule has 0 saturated carbocycles. The Labute approximate surface area is 234 Å². The minimum atomic E-state index is -1.90. The molecular weight excluding hydrogens is 480 g/mol. The molecule has 0 aliphatic rings. The summed E-state index contributed by atoms with van der Waals surface area (Å²) in [6.45, 7) is 4.86. The van der Waals surface area contributed by atoms with Crippen LogP contribution in [-0.2, 0) is 19.1 Å². The molecule has 0 aromatic rings. The molecular formula is C32H62O6. The quantitative estimate of drug-likeness (QED) is 0.0731. The highest BCUT2D eigenvalue weighted by Crippen LogP contribution is 2.13. The van der Waals surface area contributed by atoms with Crippen LogP contribution in [0.3, 0.4) is 0 Å². The number of carbonyl (C=O) groups is 2. The molecule has 2 atom stereocenters. The molecule has 6 heteroatoms. The predicted octanol–water partition coefficient (Wildman–Crippen LogP) is 8.20. The number of carbonyl (C=O) groups excluding carboxylic acids is 2. The van der Waals surface area contributed by atoms with Gasteiger partial charge in [-0.3, -0.25) is 0 Å². The lowest BCUT2D eigenvalue weighted by Crippen LogP contribution is -2.41. The van der Waals surface area contributed by atoms with Gasteiger partial charge < -0.3 is 19.7 Å². The zero-order valence-corrected chi connectivity index (χ0v) is 25.1. The summed E-state index contributed by atoms with van der Waals surface area (Å²) in [6, 6.07) is 0. The molecule has 0 heterocycles. The van der Waals surface area contributed by atoms with E-state index in [9.17, 15) is 19.8 Å². The summed E-state index contributed by atoms with van der Waals surface area (Å²) in [6.07, 6.45) is 25.3. The molecule has 2 N–H and O–H groups in total. The van der Waals surface area contributed by atoms with E-state index in [-0.39, 0.29) is 13.2 Å². The van der Waals surface area contributed by atoms with E-state index in [2.05, 4.69) is 13.8 Å². The van der Waals surface area contributed by atoms with Crippen molar-refractivity contribution in [2.24, 2.45) is 0 Å². The van der Waals surface area contributed by atoms with E-state index in [1.165, 1.54) is 116 Å². The standard InChI is InChI=1S/C32H62O6/c1-3-5-7-9-11-13-15-17-19-21-23-25-27-37-31(35)29(33)30(34)32(36)38-28-26-24-22-20-18-16-14-12-10-8-6-4-2/h29-30,33-34H,3-28H2,1-2H3. The van der Waals surface area contributed by atoms with Gasteiger partial charge in [0.05, 0.1) is 13.2 Å². The van der Waals surface area contributed by atoms with Crippen LogP contribution in [0.2, 0.25) is 0 Å². The molecule has 0 radical (unpaired) electrons. The summed E-state index contributed by atoms with van der Waals surface area (Å²) >= 11 is 0. The van der Waals surface area contributed by atoms with Gasteiger partial charge in [0.2, 0.25) is 0 Å². The van der Waals surface area contributed by atoms with E-state index in [1.807, 2.05) is 0 Å². The molecule has 0 amide bonds. The molecule has 2 unspecified atom stereocenters. The second kappa shape index (κ2) is 28.9. The van der Waals surface area contributed by atoms with Gasteiger partial charge in [-0.25, -0.2) is 9.59 Å². The molecule has 0 aliphatic heterocycles. The summed E-state index contributed by atoms with van der Waals surface area (Å²) in [4.78, 5) is 23.9. The van der Waals surface area contributed by atoms with Crippen LogP contribution in [0.4, 0.5) is 0 Å². The van der Waals surface area contributed by atoms with Gasteiger partial charge in [-0.1, -0.05) is 155 Å². The van der Waals surface area contributed by atoms with Gasteiger partial charge in [-0.15, -0.1) is 0 Å². The number of hydrogen-bond donors (Lipinski definition) is 2. The van der Waals surface area contributed by atoms with Gasteiger partial charge in [0.15, 0.2) is 12.2 Å². The predicted molar refractivity (Wildman–Crippen MR) is 156 cm³/mol. The molecule has 226 valence electrons. The maximum Gasteiger partial charge on any atom is 0.338 e. The van der Waals surface area contributed by atoms with Gasteiger partial charge in [-0.05, 0) is 12.8 Å². The Morgan fingerprint density at radius 3 is 0.868 bits per heavy atom. The molecule has 0 bridgehead atoms. The van der Waals surface area contributed by atoms with Gasteiger partial charge in [0.25, 0.3) is 0 Å². The summed E-state index contributed by atoms with van der Waals surface area (Å²) in [5.74, 6) is -1.94. The highest BCUT2D eigenvalue weighted by Gasteiger charge is 2.32. The molecule has 0 saturated heterocycles. The van der Waals surface area contributed by atoms with Crippen molar-refractivity contribution in [1.82, 2.24) is 0 Å². The van der Waals surface area contributed by atoms with Crippen LogP contribution < -0.4 is 0 Å². The second-order valence-electron chi connectivity index (χ2n) is 11.0. The molecule has 0 aromatic carbocycles. The number of unbranched alkanes of at least 4 members (excludes halogenated alkanes) is 22. The fourth-order valence-corrected chi connectivity index (χ4v) is 4.66. The number of hydrogen-bond acceptors (Lipinski definition) is 6. The van der Waals surface area contributed by atoms with E-state index in [1.54, 1.807) is 0 Å². The first kappa shape index (κ1) is 36.9. The highest BCUT2D eigenvalue weighted by molar-refractivity contribution is 5.85. The van der Waals surface area contributed by atoms with Crippen LogP contribution in [0.5, 0.6) is 0 Å². The Morgan fingerprint density at radius 1 is 0.421 bits per heavy atom. The molecule has 0 spiro atoms. The topological polar surface area (TPSA) is 93.1 Å². The summed E-state index contributed by atoms with van der Waals surface area (Å²) in [7, 11) is 0. The fraction of sp³-hybridized carbons (Fsp3) is 0.938. The first-order chi connectivity index (χ1) is 18.5. The summed E-state index contributed by atoms with van der Waals surface area (Å²) in [5.41, 5.74) is 0. The Hall–Kier alpha value is -1.14. The normalized spacial score (nSPS) is 12.8. The number of rotatable bonds is 29. The fourth-order valence-electron chi connectivity index (χ4n) is 4.66. The third kappa shape index (κ3) is 23.9. The first-order valence-corrected chi connectivity index (χ1v) is 16.2. The van der Waals surface area contributed by atoms with E-state index < -0.39 is 24.1 Å². The van der Waals surface area contributed by atoms with Gasteiger partial charge in [0.1, 0.15) is 0 Å². The summed E-state index contributed by atoms with van der Waals surface area (Å²) in [5, 5.41) is 19.9. The zero-order valence-electron chi connectivity index (χ0n) is 25.1. The first-order valence-electron chi connectivity index (χ1n) is 16.2. The van der Waals surface area contributed by atoms with Crippen molar-refractivity contribution in [3.05, 3.63) is 0 Å². The lowest BCUT2D eigenvalue weighted by molar-refractivity contribution is -0.173. The lowest BCUT2D eigenvalue weighted by Gasteiger charge is -2.16. The SMILES string of the molecule is CCCCCCCCCCCCCCOC(=O)C(O)C(O)C(=O)OCCCCCCCCCCCCCC. The monoisotopic (exact) mass is 542 g/mol. The highest BCUT2D eigenvalue weighted by atomic mass is 16.6. The van der Waals surface area contributed by atoms with Crippen LogP contribution in [0.1, 0.15) is 168 Å². The van der Waals surface area contributed by atoms with Crippen LogP contribution in [0, 0.1) is 0 Å². The Morgan fingerprint density at radius 2 is 0.632 bits per heavy atom. The molecule has 0 fully saturated rings. The van der Waals surface area contributed by atoms with Crippen LogP contribution >= 0.6 is 0 Å². The average molecular weight is 543 g/mol. The van der Waals surface area contributed by atoms with Gasteiger partial charge in [0, 0.05) is 0 Å². The van der Waals surface area contributed by atoms with Crippen molar-refractivity contribution in [2.75, 3.05) is 13.2 Å².